The maximum atomic E-state index is 10.8. The van der Waals surface area contributed by atoms with Gasteiger partial charge in [0, 0.05) is 22.7 Å². The zero-order valence-corrected chi connectivity index (χ0v) is 11.8. The van der Waals surface area contributed by atoms with Gasteiger partial charge in [0.2, 0.25) is 0 Å². The smallest absolute Gasteiger partial charge is 0.271 e. The van der Waals surface area contributed by atoms with Crippen LogP contribution >= 0.6 is 11.3 Å². The van der Waals surface area contributed by atoms with Gasteiger partial charge in [0.1, 0.15) is 0 Å². The third-order valence-corrected chi connectivity index (χ3v) is 4.09. The Morgan fingerprint density at radius 2 is 2.16 bits per heavy atom. The summed E-state index contributed by atoms with van der Waals surface area (Å²) >= 11 is 1.59. The molecule has 0 bridgehead atoms. The van der Waals surface area contributed by atoms with Crippen molar-refractivity contribution in [2.75, 3.05) is 5.32 Å². The van der Waals surface area contributed by atoms with Crippen molar-refractivity contribution in [3.05, 3.63) is 50.0 Å². The van der Waals surface area contributed by atoms with Crippen LogP contribution in [0.5, 0.6) is 0 Å². The number of aromatic nitrogens is 1. The maximum absolute atomic E-state index is 10.8. The molecule has 100 valence electrons. The van der Waals surface area contributed by atoms with Crippen LogP contribution in [0.4, 0.5) is 11.4 Å². The number of nitrogens with one attached hydrogen (secondary N) is 1. The average Bonchev–Trinajstić information content (AvgIpc) is 2.78. The summed E-state index contributed by atoms with van der Waals surface area (Å²) in [6, 6.07) is 4.92. The minimum Gasteiger partial charge on any atom is -0.377 e. The highest BCUT2D eigenvalue weighted by molar-refractivity contribution is 7.09. The zero-order chi connectivity index (χ0) is 14.0. The molecule has 1 N–H and O–H groups in total. The number of nitrogens with zero attached hydrogens (tertiary/aromatic N) is 2. The summed E-state index contributed by atoms with van der Waals surface area (Å²) in [6.45, 7) is 5.92. The van der Waals surface area contributed by atoms with E-state index in [4.69, 9.17) is 0 Å². The molecular weight excluding hydrogens is 262 g/mol. The van der Waals surface area contributed by atoms with E-state index in [0.717, 1.165) is 21.8 Å². The van der Waals surface area contributed by atoms with E-state index < -0.39 is 0 Å². The number of rotatable bonds is 4. The molecule has 0 amide bonds. The molecular formula is C13H15N3O2S. The molecule has 19 heavy (non-hydrogen) atoms. The summed E-state index contributed by atoms with van der Waals surface area (Å²) in [5, 5.41) is 14.1. The lowest BCUT2D eigenvalue weighted by Gasteiger charge is -2.16. The molecule has 1 unspecified atom stereocenters. The molecule has 0 spiro atoms. The summed E-state index contributed by atoms with van der Waals surface area (Å²) in [7, 11) is 0. The monoisotopic (exact) mass is 277 g/mol. The summed E-state index contributed by atoms with van der Waals surface area (Å²) in [5.41, 5.74) is 4.67. The second-order valence-corrected chi connectivity index (χ2v) is 5.31. The lowest BCUT2D eigenvalue weighted by atomic mass is 10.1. The van der Waals surface area contributed by atoms with Crippen LogP contribution in [0.2, 0.25) is 0 Å². The Labute approximate surface area is 115 Å². The van der Waals surface area contributed by atoms with Crippen molar-refractivity contribution in [3.63, 3.8) is 0 Å². The van der Waals surface area contributed by atoms with Gasteiger partial charge in [-0.1, -0.05) is 6.07 Å². The molecule has 1 heterocycles. The fourth-order valence-electron chi connectivity index (χ4n) is 1.90. The first-order chi connectivity index (χ1) is 8.99. The van der Waals surface area contributed by atoms with E-state index in [0.29, 0.717) is 0 Å². The van der Waals surface area contributed by atoms with Crippen molar-refractivity contribution in [3.8, 4) is 0 Å². The Hall–Kier alpha value is -1.95. The standard InChI is InChI=1S/C13H15N3O2S/c1-8-4-5-11(16(17)18)6-12(8)15-10(3)13-9(2)14-7-19-13/h4-7,10,15H,1-3H3. The lowest BCUT2D eigenvalue weighted by molar-refractivity contribution is -0.384. The first kappa shape index (κ1) is 13.5. The van der Waals surface area contributed by atoms with Gasteiger partial charge in [0.05, 0.1) is 22.2 Å². The largest absolute Gasteiger partial charge is 0.377 e. The van der Waals surface area contributed by atoms with Crippen molar-refractivity contribution in [2.45, 2.75) is 26.8 Å². The van der Waals surface area contributed by atoms with E-state index in [-0.39, 0.29) is 16.7 Å². The molecule has 2 aromatic rings. The quantitative estimate of drug-likeness (QED) is 0.681. The van der Waals surface area contributed by atoms with Crippen molar-refractivity contribution < 1.29 is 4.92 Å². The van der Waals surface area contributed by atoms with Gasteiger partial charge in [-0.25, -0.2) is 4.98 Å². The highest BCUT2D eigenvalue weighted by Gasteiger charge is 2.14. The Kier molecular flexibility index (Phi) is 3.80. The topological polar surface area (TPSA) is 68.1 Å². The summed E-state index contributed by atoms with van der Waals surface area (Å²) < 4.78 is 0. The number of hydrogen-bond donors (Lipinski definition) is 1. The number of hydrogen-bond acceptors (Lipinski definition) is 5. The van der Waals surface area contributed by atoms with Crippen molar-refractivity contribution >= 4 is 22.7 Å². The Balaban J connectivity index is 2.26. The Morgan fingerprint density at radius 3 is 2.74 bits per heavy atom. The van der Waals surface area contributed by atoms with Crippen LogP contribution < -0.4 is 5.32 Å². The number of nitro groups is 1. The highest BCUT2D eigenvalue weighted by Crippen LogP contribution is 2.28. The average molecular weight is 277 g/mol. The van der Waals surface area contributed by atoms with Crippen LogP contribution in [-0.4, -0.2) is 9.91 Å². The number of non-ortho nitro benzene ring substituents is 1. The molecule has 0 aliphatic heterocycles. The molecule has 0 aliphatic carbocycles. The van der Waals surface area contributed by atoms with E-state index in [9.17, 15) is 10.1 Å². The van der Waals surface area contributed by atoms with Gasteiger partial charge >= 0.3 is 0 Å². The van der Waals surface area contributed by atoms with E-state index in [1.807, 2.05) is 26.3 Å². The van der Waals surface area contributed by atoms with Gasteiger partial charge in [-0.15, -0.1) is 11.3 Å². The van der Waals surface area contributed by atoms with Crippen LogP contribution in [0.3, 0.4) is 0 Å². The van der Waals surface area contributed by atoms with E-state index in [1.165, 1.54) is 6.07 Å². The Morgan fingerprint density at radius 1 is 1.42 bits per heavy atom. The molecule has 2 rings (SSSR count). The molecule has 0 saturated heterocycles. The summed E-state index contributed by atoms with van der Waals surface area (Å²) in [6.07, 6.45) is 0. The van der Waals surface area contributed by atoms with E-state index in [1.54, 1.807) is 23.5 Å². The first-order valence-corrected chi connectivity index (χ1v) is 6.78. The van der Waals surface area contributed by atoms with Crippen LogP contribution in [0, 0.1) is 24.0 Å². The SMILES string of the molecule is Cc1ccc([N+](=O)[O-])cc1NC(C)c1scnc1C. The second kappa shape index (κ2) is 5.36. The molecule has 1 atom stereocenters. The van der Waals surface area contributed by atoms with Gasteiger partial charge in [-0.2, -0.15) is 0 Å². The minimum absolute atomic E-state index is 0.0770. The lowest BCUT2D eigenvalue weighted by Crippen LogP contribution is -2.07. The van der Waals surface area contributed by atoms with Crippen LogP contribution in [0.25, 0.3) is 0 Å². The molecule has 6 heteroatoms. The Bertz CT molecular complexity index is 610. The summed E-state index contributed by atoms with van der Waals surface area (Å²) in [5.74, 6) is 0. The highest BCUT2D eigenvalue weighted by atomic mass is 32.1. The van der Waals surface area contributed by atoms with Crippen LogP contribution in [0.15, 0.2) is 23.7 Å². The second-order valence-electron chi connectivity index (χ2n) is 4.42. The van der Waals surface area contributed by atoms with Gasteiger partial charge in [-0.05, 0) is 26.3 Å². The normalized spacial score (nSPS) is 12.2. The molecule has 0 aliphatic rings. The molecule has 1 aromatic carbocycles. The van der Waals surface area contributed by atoms with Gasteiger partial charge in [-0.3, -0.25) is 10.1 Å². The fourth-order valence-corrected chi connectivity index (χ4v) is 2.72. The van der Waals surface area contributed by atoms with Gasteiger partial charge in [0.25, 0.3) is 5.69 Å². The minimum atomic E-state index is -0.382. The summed E-state index contributed by atoms with van der Waals surface area (Å²) in [4.78, 5) is 15.8. The number of anilines is 1. The fraction of sp³-hybridized carbons (Fsp3) is 0.308. The third-order valence-electron chi connectivity index (χ3n) is 2.98. The number of benzene rings is 1. The molecule has 0 radical (unpaired) electrons. The number of thiazole rings is 1. The van der Waals surface area contributed by atoms with Crippen molar-refractivity contribution in [1.82, 2.24) is 4.98 Å². The predicted molar refractivity (Wildman–Crippen MR) is 76.7 cm³/mol. The maximum Gasteiger partial charge on any atom is 0.271 e. The van der Waals surface area contributed by atoms with Crippen LogP contribution in [0.1, 0.15) is 29.1 Å². The molecule has 1 aromatic heterocycles. The van der Waals surface area contributed by atoms with Crippen molar-refractivity contribution in [2.24, 2.45) is 0 Å². The first-order valence-electron chi connectivity index (χ1n) is 5.90. The predicted octanol–water partition coefficient (Wildman–Crippen LogP) is 3.84. The number of nitro benzene ring substituents is 1. The van der Waals surface area contributed by atoms with E-state index in [2.05, 4.69) is 10.3 Å². The van der Waals surface area contributed by atoms with Crippen LogP contribution in [-0.2, 0) is 0 Å². The van der Waals surface area contributed by atoms with Crippen molar-refractivity contribution in [1.29, 1.82) is 0 Å². The van der Waals surface area contributed by atoms with E-state index >= 15 is 0 Å². The molecule has 0 fully saturated rings. The van der Waals surface area contributed by atoms with Gasteiger partial charge in [0.15, 0.2) is 0 Å². The molecule has 5 nitrogen and oxygen atoms in total. The number of aryl methyl sites for hydroxylation is 2. The third kappa shape index (κ3) is 2.90. The zero-order valence-electron chi connectivity index (χ0n) is 11.0. The molecule has 0 saturated carbocycles. The van der Waals surface area contributed by atoms with Gasteiger partial charge < -0.3 is 5.32 Å².